The third-order valence-corrected chi connectivity index (χ3v) is 4.61. The summed E-state index contributed by atoms with van der Waals surface area (Å²) >= 11 is 0. The van der Waals surface area contributed by atoms with Crippen LogP contribution in [-0.4, -0.2) is 33.3 Å². The van der Waals surface area contributed by atoms with Crippen LogP contribution in [0.5, 0.6) is 0 Å². The molecular weight excluding hydrogens is 305 g/mol. The standard InChI is InChI=1S/C18H20FN5/c19-18-15(8-7-14-5-1-2-6-16(14)18)10-17-21-23-24(22-17)12-13-4-3-9-20-11-13/h1-2,5-8,13,20H,3-4,9-12H2/t13-/m0/s1. The largest absolute Gasteiger partial charge is 0.316 e. The maximum Gasteiger partial charge on any atom is 0.179 e. The van der Waals surface area contributed by atoms with E-state index in [0.717, 1.165) is 25.0 Å². The Kier molecular flexibility index (Phi) is 4.21. The molecule has 0 amide bonds. The van der Waals surface area contributed by atoms with E-state index in [1.54, 1.807) is 10.9 Å². The number of aromatic nitrogens is 4. The van der Waals surface area contributed by atoms with Crippen LogP contribution in [0.1, 0.15) is 24.2 Å². The van der Waals surface area contributed by atoms with Crippen LogP contribution in [0.25, 0.3) is 10.8 Å². The van der Waals surface area contributed by atoms with E-state index in [4.69, 9.17) is 0 Å². The molecule has 24 heavy (non-hydrogen) atoms. The molecule has 6 heteroatoms. The lowest BCUT2D eigenvalue weighted by molar-refractivity contribution is 0.306. The molecule has 2 aromatic carbocycles. The smallest absolute Gasteiger partial charge is 0.179 e. The van der Waals surface area contributed by atoms with Gasteiger partial charge in [0.15, 0.2) is 5.82 Å². The molecule has 0 aliphatic carbocycles. The van der Waals surface area contributed by atoms with Crippen LogP contribution in [-0.2, 0) is 13.0 Å². The van der Waals surface area contributed by atoms with Crippen molar-refractivity contribution in [2.24, 2.45) is 5.92 Å². The Morgan fingerprint density at radius 3 is 3.00 bits per heavy atom. The average molecular weight is 325 g/mol. The predicted molar refractivity (Wildman–Crippen MR) is 90.1 cm³/mol. The highest BCUT2D eigenvalue weighted by Gasteiger charge is 2.16. The lowest BCUT2D eigenvalue weighted by Gasteiger charge is -2.21. The molecule has 1 fully saturated rings. The first-order valence-corrected chi connectivity index (χ1v) is 8.43. The van der Waals surface area contributed by atoms with Gasteiger partial charge in [0, 0.05) is 11.8 Å². The SMILES string of the molecule is Fc1c(Cc2nnn(C[C@H]3CCCNC3)n2)ccc2ccccc12. The third-order valence-electron chi connectivity index (χ3n) is 4.61. The number of hydrogen-bond acceptors (Lipinski definition) is 4. The number of piperidine rings is 1. The summed E-state index contributed by atoms with van der Waals surface area (Å²) in [7, 11) is 0. The van der Waals surface area contributed by atoms with Crippen molar-refractivity contribution >= 4 is 10.8 Å². The van der Waals surface area contributed by atoms with Gasteiger partial charge < -0.3 is 5.32 Å². The molecule has 1 saturated heterocycles. The second kappa shape index (κ2) is 6.65. The molecule has 0 spiro atoms. The maximum atomic E-state index is 14.6. The Morgan fingerprint density at radius 2 is 2.12 bits per heavy atom. The summed E-state index contributed by atoms with van der Waals surface area (Å²) in [4.78, 5) is 1.64. The molecule has 4 rings (SSSR count). The summed E-state index contributed by atoms with van der Waals surface area (Å²) in [6.07, 6.45) is 2.73. The van der Waals surface area contributed by atoms with Crippen LogP contribution < -0.4 is 5.32 Å². The molecule has 0 bridgehead atoms. The van der Waals surface area contributed by atoms with Crippen LogP contribution in [0.2, 0.25) is 0 Å². The Morgan fingerprint density at radius 1 is 1.21 bits per heavy atom. The highest BCUT2D eigenvalue weighted by molar-refractivity contribution is 5.83. The number of fused-ring (bicyclic) bond motifs is 1. The van der Waals surface area contributed by atoms with Crippen LogP contribution in [0.3, 0.4) is 0 Å². The second-order valence-corrected chi connectivity index (χ2v) is 6.41. The fraction of sp³-hybridized carbons (Fsp3) is 0.389. The molecular formula is C18H20FN5. The number of tetrazole rings is 1. The maximum absolute atomic E-state index is 14.6. The first-order valence-electron chi connectivity index (χ1n) is 8.43. The van der Waals surface area contributed by atoms with E-state index >= 15 is 0 Å². The van der Waals surface area contributed by atoms with Gasteiger partial charge in [-0.1, -0.05) is 36.4 Å². The highest BCUT2D eigenvalue weighted by Crippen LogP contribution is 2.22. The molecule has 1 aliphatic heterocycles. The molecule has 1 N–H and O–H groups in total. The molecule has 124 valence electrons. The van der Waals surface area contributed by atoms with Crippen molar-refractivity contribution in [3.8, 4) is 0 Å². The van der Waals surface area contributed by atoms with Gasteiger partial charge in [0.25, 0.3) is 0 Å². The van der Waals surface area contributed by atoms with Crippen molar-refractivity contribution in [3.05, 3.63) is 53.6 Å². The summed E-state index contributed by atoms with van der Waals surface area (Å²) in [5, 5.41) is 17.6. The van der Waals surface area contributed by atoms with Crippen molar-refractivity contribution in [3.63, 3.8) is 0 Å². The van der Waals surface area contributed by atoms with Gasteiger partial charge in [0.05, 0.1) is 6.54 Å². The number of halogens is 1. The van der Waals surface area contributed by atoms with Gasteiger partial charge in [-0.3, -0.25) is 0 Å². The van der Waals surface area contributed by atoms with E-state index in [1.807, 2.05) is 30.3 Å². The topological polar surface area (TPSA) is 55.6 Å². The lowest BCUT2D eigenvalue weighted by Crippen LogP contribution is -2.32. The van der Waals surface area contributed by atoms with E-state index in [-0.39, 0.29) is 5.82 Å². The minimum absolute atomic E-state index is 0.194. The molecule has 1 aliphatic rings. The second-order valence-electron chi connectivity index (χ2n) is 6.41. The third kappa shape index (κ3) is 3.14. The van der Waals surface area contributed by atoms with Crippen LogP contribution >= 0.6 is 0 Å². The predicted octanol–water partition coefficient (Wildman–Crippen LogP) is 2.56. The van der Waals surface area contributed by atoms with E-state index in [0.29, 0.717) is 29.1 Å². The molecule has 2 heterocycles. The highest BCUT2D eigenvalue weighted by atomic mass is 19.1. The van der Waals surface area contributed by atoms with Gasteiger partial charge in [-0.15, -0.1) is 10.2 Å². The average Bonchev–Trinajstić information content (AvgIpc) is 3.05. The zero-order valence-corrected chi connectivity index (χ0v) is 13.5. The quantitative estimate of drug-likeness (QED) is 0.801. The van der Waals surface area contributed by atoms with Crippen molar-refractivity contribution in [2.75, 3.05) is 13.1 Å². The summed E-state index contributed by atoms with van der Waals surface area (Å²) in [5.74, 6) is 0.909. The zero-order chi connectivity index (χ0) is 16.4. The number of rotatable bonds is 4. The molecule has 0 unspecified atom stereocenters. The number of benzene rings is 2. The minimum Gasteiger partial charge on any atom is -0.316 e. The number of hydrogen-bond donors (Lipinski definition) is 1. The molecule has 1 aromatic heterocycles. The van der Waals surface area contributed by atoms with E-state index in [2.05, 4.69) is 20.7 Å². The Hall–Kier alpha value is -2.34. The normalized spacial score (nSPS) is 18.1. The van der Waals surface area contributed by atoms with Crippen molar-refractivity contribution in [1.29, 1.82) is 0 Å². The zero-order valence-electron chi connectivity index (χ0n) is 13.5. The summed E-state index contributed by atoms with van der Waals surface area (Å²) < 4.78 is 14.6. The summed E-state index contributed by atoms with van der Waals surface area (Å²) in [6, 6.07) is 11.2. The Balaban J connectivity index is 1.50. The fourth-order valence-electron chi connectivity index (χ4n) is 3.32. The molecule has 1 atom stereocenters. The molecule has 0 radical (unpaired) electrons. The lowest BCUT2D eigenvalue weighted by atomic mass is 10.0. The van der Waals surface area contributed by atoms with Gasteiger partial charge in [-0.05, 0) is 48.0 Å². The molecule has 5 nitrogen and oxygen atoms in total. The number of nitrogens with zero attached hydrogens (tertiary/aromatic N) is 4. The van der Waals surface area contributed by atoms with Crippen LogP contribution in [0, 0.1) is 11.7 Å². The van der Waals surface area contributed by atoms with Gasteiger partial charge in [0.1, 0.15) is 5.82 Å². The Labute approximate surface area is 139 Å². The van der Waals surface area contributed by atoms with Crippen LogP contribution in [0.15, 0.2) is 36.4 Å². The molecule has 0 saturated carbocycles. The molecule has 3 aromatic rings. The number of nitrogens with one attached hydrogen (secondary N) is 1. The van der Waals surface area contributed by atoms with Crippen molar-refractivity contribution in [1.82, 2.24) is 25.5 Å². The van der Waals surface area contributed by atoms with E-state index in [1.165, 1.54) is 12.8 Å². The van der Waals surface area contributed by atoms with E-state index in [9.17, 15) is 4.39 Å². The van der Waals surface area contributed by atoms with Gasteiger partial charge in [-0.25, -0.2) is 4.39 Å². The monoisotopic (exact) mass is 325 g/mol. The summed E-state index contributed by atoms with van der Waals surface area (Å²) in [6.45, 7) is 2.85. The van der Waals surface area contributed by atoms with Crippen LogP contribution in [0.4, 0.5) is 4.39 Å². The van der Waals surface area contributed by atoms with Gasteiger partial charge in [-0.2, -0.15) is 4.80 Å². The van der Waals surface area contributed by atoms with Gasteiger partial charge in [0.2, 0.25) is 0 Å². The van der Waals surface area contributed by atoms with E-state index < -0.39 is 0 Å². The minimum atomic E-state index is -0.194. The van der Waals surface area contributed by atoms with Gasteiger partial charge >= 0.3 is 0 Å². The van der Waals surface area contributed by atoms with Crippen molar-refractivity contribution < 1.29 is 4.39 Å². The summed E-state index contributed by atoms with van der Waals surface area (Å²) in [5.41, 5.74) is 0.604. The fourth-order valence-corrected chi connectivity index (χ4v) is 3.32. The Bertz CT molecular complexity index is 838. The first-order chi connectivity index (χ1) is 11.8. The first kappa shape index (κ1) is 15.2. The van der Waals surface area contributed by atoms with Crippen molar-refractivity contribution in [2.45, 2.75) is 25.8 Å².